The number of hydrogen-bond donors (Lipinski definition) is 1. The monoisotopic (exact) mass is 295 g/mol. The van der Waals surface area contributed by atoms with Crippen molar-refractivity contribution >= 4 is 33.0 Å². The summed E-state index contributed by atoms with van der Waals surface area (Å²) in [5, 5.41) is 3.50. The first-order valence-electron chi connectivity index (χ1n) is 5.23. The Bertz CT molecular complexity index is 478. The third kappa shape index (κ3) is 2.86. The summed E-state index contributed by atoms with van der Waals surface area (Å²) in [6, 6.07) is 13.0. The molecule has 84 valence electrons. The molecule has 1 atom stereocenters. The fourth-order valence-electron chi connectivity index (χ4n) is 1.62. The summed E-state index contributed by atoms with van der Waals surface area (Å²) in [4.78, 5) is 1.34. The van der Waals surface area contributed by atoms with E-state index in [-0.39, 0.29) is 0 Å². The summed E-state index contributed by atoms with van der Waals surface area (Å²) in [5.41, 5.74) is 2.46. The van der Waals surface area contributed by atoms with Gasteiger partial charge in [0.05, 0.1) is 9.83 Å². The van der Waals surface area contributed by atoms with E-state index in [0.29, 0.717) is 6.04 Å². The minimum absolute atomic E-state index is 0.345. The highest BCUT2D eigenvalue weighted by molar-refractivity contribution is 9.11. The molecule has 0 fully saturated rings. The van der Waals surface area contributed by atoms with Gasteiger partial charge in [-0.1, -0.05) is 12.1 Å². The van der Waals surface area contributed by atoms with E-state index >= 15 is 0 Å². The number of anilines is 1. The van der Waals surface area contributed by atoms with Crippen LogP contribution in [-0.2, 0) is 0 Å². The van der Waals surface area contributed by atoms with Crippen LogP contribution in [0.5, 0.6) is 0 Å². The van der Waals surface area contributed by atoms with Gasteiger partial charge in [0.25, 0.3) is 0 Å². The SMILES string of the molecule is Cc1cccc(NC(C)c2ccc(Br)s2)c1. The van der Waals surface area contributed by atoms with E-state index < -0.39 is 0 Å². The highest BCUT2D eigenvalue weighted by Gasteiger charge is 2.07. The van der Waals surface area contributed by atoms with Gasteiger partial charge in [0.2, 0.25) is 0 Å². The van der Waals surface area contributed by atoms with Crippen LogP contribution in [0.3, 0.4) is 0 Å². The van der Waals surface area contributed by atoms with Crippen LogP contribution in [0.1, 0.15) is 23.4 Å². The second kappa shape index (κ2) is 5.02. The number of hydrogen-bond acceptors (Lipinski definition) is 2. The fraction of sp³-hybridized carbons (Fsp3) is 0.231. The van der Waals surface area contributed by atoms with Crippen molar-refractivity contribution in [1.82, 2.24) is 0 Å². The summed E-state index contributed by atoms with van der Waals surface area (Å²) in [6.45, 7) is 4.29. The van der Waals surface area contributed by atoms with Crippen molar-refractivity contribution in [2.24, 2.45) is 0 Å². The molecule has 2 rings (SSSR count). The molecule has 1 nitrogen and oxygen atoms in total. The van der Waals surface area contributed by atoms with Crippen LogP contribution < -0.4 is 5.32 Å². The molecule has 1 heterocycles. The van der Waals surface area contributed by atoms with Crippen LogP contribution in [0, 0.1) is 6.92 Å². The van der Waals surface area contributed by atoms with Gasteiger partial charge in [-0.15, -0.1) is 11.3 Å². The standard InChI is InChI=1S/C13H14BrNS/c1-9-4-3-5-11(8-9)15-10(2)12-6-7-13(14)16-12/h3-8,10,15H,1-2H3. The zero-order chi connectivity index (χ0) is 11.5. The molecule has 3 heteroatoms. The lowest BCUT2D eigenvalue weighted by molar-refractivity contribution is 0.908. The van der Waals surface area contributed by atoms with Crippen molar-refractivity contribution < 1.29 is 0 Å². The molecule has 0 spiro atoms. The summed E-state index contributed by atoms with van der Waals surface area (Å²) >= 11 is 5.26. The molecule has 0 aliphatic heterocycles. The molecule has 0 aliphatic rings. The van der Waals surface area contributed by atoms with Gasteiger partial charge in [-0.3, -0.25) is 0 Å². The molecule has 0 bridgehead atoms. The Morgan fingerprint density at radius 1 is 1.25 bits per heavy atom. The largest absolute Gasteiger partial charge is 0.378 e. The highest BCUT2D eigenvalue weighted by atomic mass is 79.9. The second-order valence-electron chi connectivity index (χ2n) is 3.88. The van der Waals surface area contributed by atoms with Gasteiger partial charge < -0.3 is 5.32 Å². The van der Waals surface area contributed by atoms with Gasteiger partial charge in [0, 0.05) is 10.6 Å². The Kier molecular flexibility index (Phi) is 3.66. The third-order valence-corrected chi connectivity index (χ3v) is 4.23. The molecule has 1 aromatic carbocycles. The lowest BCUT2D eigenvalue weighted by Gasteiger charge is -2.13. The summed E-state index contributed by atoms with van der Waals surface area (Å²) < 4.78 is 1.18. The van der Waals surface area contributed by atoms with Crippen LogP contribution in [0.15, 0.2) is 40.2 Å². The number of benzene rings is 1. The van der Waals surface area contributed by atoms with Crippen molar-refractivity contribution in [3.8, 4) is 0 Å². The predicted octanol–water partition coefficient (Wildman–Crippen LogP) is 4.99. The zero-order valence-corrected chi connectivity index (χ0v) is 11.7. The predicted molar refractivity (Wildman–Crippen MR) is 75.2 cm³/mol. The van der Waals surface area contributed by atoms with E-state index in [9.17, 15) is 0 Å². The Hall–Kier alpha value is -0.800. The number of aryl methyl sites for hydroxylation is 1. The maximum absolute atomic E-state index is 3.50. The van der Waals surface area contributed by atoms with Crippen LogP contribution >= 0.6 is 27.3 Å². The Labute approximate surface area is 109 Å². The summed E-state index contributed by atoms with van der Waals surface area (Å²) in [6.07, 6.45) is 0. The maximum atomic E-state index is 3.50. The molecular formula is C13H14BrNS. The minimum Gasteiger partial charge on any atom is -0.378 e. The Morgan fingerprint density at radius 2 is 2.06 bits per heavy atom. The molecular weight excluding hydrogens is 282 g/mol. The Balaban J connectivity index is 2.10. The topological polar surface area (TPSA) is 12.0 Å². The van der Waals surface area contributed by atoms with Crippen molar-refractivity contribution in [2.75, 3.05) is 5.32 Å². The molecule has 0 aliphatic carbocycles. The molecule has 2 aromatic rings. The molecule has 16 heavy (non-hydrogen) atoms. The number of halogens is 1. The quantitative estimate of drug-likeness (QED) is 0.841. The normalized spacial score (nSPS) is 12.4. The highest BCUT2D eigenvalue weighted by Crippen LogP contribution is 2.29. The lowest BCUT2D eigenvalue weighted by atomic mass is 10.2. The van der Waals surface area contributed by atoms with E-state index in [1.54, 1.807) is 11.3 Å². The van der Waals surface area contributed by atoms with E-state index in [0.717, 1.165) is 0 Å². The van der Waals surface area contributed by atoms with Gasteiger partial charge in [0.15, 0.2) is 0 Å². The maximum Gasteiger partial charge on any atom is 0.0702 e. The van der Waals surface area contributed by atoms with Crippen molar-refractivity contribution in [1.29, 1.82) is 0 Å². The number of thiophene rings is 1. The fourth-order valence-corrected chi connectivity index (χ4v) is 3.04. The van der Waals surface area contributed by atoms with E-state index in [1.807, 2.05) is 0 Å². The molecule has 0 saturated heterocycles. The van der Waals surface area contributed by atoms with Crippen molar-refractivity contribution in [3.63, 3.8) is 0 Å². The Morgan fingerprint density at radius 3 is 2.69 bits per heavy atom. The molecule has 1 aromatic heterocycles. The molecule has 1 N–H and O–H groups in total. The second-order valence-corrected chi connectivity index (χ2v) is 6.37. The van der Waals surface area contributed by atoms with Crippen LogP contribution in [0.2, 0.25) is 0 Å². The van der Waals surface area contributed by atoms with E-state index in [4.69, 9.17) is 0 Å². The van der Waals surface area contributed by atoms with Gasteiger partial charge in [-0.05, 0) is 59.6 Å². The molecule has 0 radical (unpaired) electrons. The first-order chi connectivity index (χ1) is 7.65. The van der Waals surface area contributed by atoms with Gasteiger partial charge in [-0.25, -0.2) is 0 Å². The molecule has 1 unspecified atom stereocenters. The van der Waals surface area contributed by atoms with Crippen LogP contribution in [0.4, 0.5) is 5.69 Å². The average molecular weight is 296 g/mol. The van der Waals surface area contributed by atoms with Gasteiger partial charge in [0.1, 0.15) is 0 Å². The summed E-state index contributed by atoms with van der Waals surface area (Å²) in [5.74, 6) is 0. The zero-order valence-electron chi connectivity index (χ0n) is 9.33. The summed E-state index contributed by atoms with van der Waals surface area (Å²) in [7, 11) is 0. The average Bonchev–Trinajstić information content (AvgIpc) is 2.65. The lowest BCUT2D eigenvalue weighted by Crippen LogP contribution is -2.04. The van der Waals surface area contributed by atoms with E-state index in [2.05, 4.69) is 71.5 Å². The number of rotatable bonds is 3. The molecule has 0 amide bonds. The van der Waals surface area contributed by atoms with Crippen LogP contribution in [-0.4, -0.2) is 0 Å². The van der Waals surface area contributed by atoms with Gasteiger partial charge >= 0.3 is 0 Å². The van der Waals surface area contributed by atoms with Gasteiger partial charge in [-0.2, -0.15) is 0 Å². The first kappa shape index (κ1) is 11.7. The van der Waals surface area contributed by atoms with Crippen LogP contribution in [0.25, 0.3) is 0 Å². The van der Waals surface area contributed by atoms with Crippen molar-refractivity contribution in [3.05, 3.63) is 50.6 Å². The smallest absolute Gasteiger partial charge is 0.0702 e. The minimum atomic E-state index is 0.345. The number of nitrogens with one attached hydrogen (secondary N) is 1. The van der Waals surface area contributed by atoms with E-state index in [1.165, 1.54) is 19.9 Å². The van der Waals surface area contributed by atoms with Crippen molar-refractivity contribution in [2.45, 2.75) is 19.9 Å². The third-order valence-electron chi connectivity index (χ3n) is 2.42. The first-order valence-corrected chi connectivity index (χ1v) is 6.84. The molecule has 0 saturated carbocycles.